The van der Waals surface area contributed by atoms with Gasteiger partial charge in [0.2, 0.25) is 0 Å². The molecule has 1 unspecified atom stereocenters. The van der Waals surface area contributed by atoms with Gasteiger partial charge in [-0.05, 0) is 54.3 Å². The van der Waals surface area contributed by atoms with Gasteiger partial charge in [0.1, 0.15) is 11.8 Å². The van der Waals surface area contributed by atoms with Crippen molar-refractivity contribution >= 4 is 34.5 Å². The number of amides is 1. The number of carbonyl (C=O) groups is 2. The molecule has 33 heavy (non-hydrogen) atoms. The molecule has 4 rings (SSSR count). The molecule has 2 aromatic carbocycles. The van der Waals surface area contributed by atoms with Gasteiger partial charge in [0.25, 0.3) is 11.7 Å². The van der Waals surface area contributed by atoms with E-state index >= 15 is 0 Å². The smallest absolute Gasteiger partial charge is 0.300 e. The van der Waals surface area contributed by atoms with Crippen molar-refractivity contribution in [2.45, 2.75) is 13.0 Å². The number of ether oxygens (including phenoxy) is 2. The lowest BCUT2D eigenvalue weighted by Crippen LogP contribution is -2.29. The first-order valence-electron chi connectivity index (χ1n) is 9.81. The van der Waals surface area contributed by atoms with Crippen molar-refractivity contribution in [3.63, 3.8) is 0 Å². The Morgan fingerprint density at radius 3 is 2.33 bits per heavy atom. The van der Waals surface area contributed by atoms with Crippen LogP contribution in [0.2, 0.25) is 0 Å². The van der Waals surface area contributed by atoms with E-state index in [1.165, 1.54) is 43.8 Å². The number of thiophene rings is 1. The molecule has 9 heteroatoms. The van der Waals surface area contributed by atoms with Crippen molar-refractivity contribution in [2.24, 2.45) is 0 Å². The first-order chi connectivity index (χ1) is 15.8. The number of anilines is 1. The topological polar surface area (TPSA) is 76.1 Å². The summed E-state index contributed by atoms with van der Waals surface area (Å²) in [6.45, 7) is 1.80. The number of aliphatic hydroxyl groups excluding tert-OH is 1. The van der Waals surface area contributed by atoms with Gasteiger partial charge in [0.15, 0.2) is 23.1 Å². The molecule has 0 spiro atoms. The number of rotatable bonds is 5. The predicted octanol–water partition coefficient (Wildman–Crippen LogP) is 4.98. The third-order valence-corrected chi connectivity index (χ3v) is 6.50. The predicted molar refractivity (Wildman–Crippen MR) is 120 cm³/mol. The minimum atomic E-state index is -1.16. The van der Waals surface area contributed by atoms with Gasteiger partial charge in [-0.3, -0.25) is 14.5 Å². The maximum Gasteiger partial charge on any atom is 0.300 e. The molecule has 1 N–H and O–H groups in total. The molecule has 2 heterocycles. The molecule has 170 valence electrons. The zero-order chi connectivity index (χ0) is 23.9. The summed E-state index contributed by atoms with van der Waals surface area (Å²) >= 11 is 1.28. The van der Waals surface area contributed by atoms with E-state index in [0.29, 0.717) is 16.4 Å². The molecular formula is C24H19F2NO5S. The zero-order valence-electron chi connectivity index (χ0n) is 17.9. The number of ketones is 1. The third-order valence-electron chi connectivity index (χ3n) is 5.43. The number of hydrogen-bond acceptors (Lipinski definition) is 6. The van der Waals surface area contributed by atoms with E-state index in [4.69, 9.17) is 9.47 Å². The molecule has 0 bridgehead atoms. The number of aryl methyl sites for hydroxylation is 1. The molecular weight excluding hydrogens is 452 g/mol. The van der Waals surface area contributed by atoms with Gasteiger partial charge in [-0.2, -0.15) is 0 Å². The molecule has 1 atom stereocenters. The van der Waals surface area contributed by atoms with Gasteiger partial charge >= 0.3 is 0 Å². The maximum absolute atomic E-state index is 14.0. The lowest BCUT2D eigenvalue weighted by Gasteiger charge is -2.25. The quantitative estimate of drug-likeness (QED) is 0.323. The lowest BCUT2D eigenvalue weighted by molar-refractivity contribution is -0.132. The molecule has 1 aromatic heterocycles. The Hall–Kier alpha value is -3.72. The fourth-order valence-electron chi connectivity index (χ4n) is 3.79. The van der Waals surface area contributed by atoms with Crippen LogP contribution in [0, 0.1) is 18.6 Å². The van der Waals surface area contributed by atoms with Gasteiger partial charge in [0.05, 0.1) is 19.8 Å². The fourth-order valence-corrected chi connectivity index (χ4v) is 4.81. The SMILES string of the molecule is COc1ccc(/C(O)=C2/C(=O)C(=O)N(c3ccc(F)c(F)c3)C2c2sccc2C)cc1OC. The molecule has 1 aliphatic heterocycles. The highest BCUT2D eigenvalue weighted by molar-refractivity contribution is 7.10. The van der Waals surface area contributed by atoms with Crippen LogP contribution in [0.5, 0.6) is 11.5 Å². The van der Waals surface area contributed by atoms with Crippen molar-refractivity contribution in [3.8, 4) is 11.5 Å². The van der Waals surface area contributed by atoms with Crippen molar-refractivity contribution in [1.29, 1.82) is 0 Å². The van der Waals surface area contributed by atoms with Crippen LogP contribution in [0.1, 0.15) is 22.0 Å². The van der Waals surface area contributed by atoms with Crippen LogP contribution in [0.4, 0.5) is 14.5 Å². The van der Waals surface area contributed by atoms with Gasteiger partial charge in [0, 0.05) is 22.2 Å². The number of halogens is 2. The Balaban J connectivity index is 1.95. The number of benzene rings is 2. The Kier molecular flexibility index (Phi) is 5.90. The summed E-state index contributed by atoms with van der Waals surface area (Å²) in [5, 5.41) is 13.0. The van der Waals surface area contributed by atoms with E-state index in [0.717, 1.165) is 22.6 Å². The summed E-state index contributed by atoms with van der Waals surface area (Å²) in [6.07, 6.45) is 0. The van der Waals surface area contributed by atoms with Crippen molar-refractivity contribution in [3.05, 3.63) is 81.1 Å². The second-order valence-corrected chi connectivity index (χ2v) is 8.25. The number of Topliss-reactive ketones (excluding diaryl/α,β-unsaturated/α-hetero) is 1. The highest BCUT2D eigenvalue weighted by Crippen LogP contribution is 2.45. The summed E-state index contributed by atoms with van der Waals surface area (Å²) in [5.74, 6) is -3.81. The minimum absolute atomic E-state index is 0.000150. The molecule has 3 aromatic rings. The molecule has 0 saturated carbocycles. The number of aliphatic hydroxyl groups is 1. The zero-order valence-corrected chi connectivity index (χ0v) is 18.7. The molecule has 0 aliphatic carbocycles. The van der Waals surface area contributed by atoms with Crippen molar-refractivity contribution in [1.82, 2.24) is 0 Å². The maximum atomic E-state index is 14.0. The van der Waals surface area contributed by atoms with Crippen LogP contribution in [-0.4, -0.2) is 31.0 Å². The van der Waals surface area contributed by atoms with Crippen molar-refractivity contribution in [2.75, 3.05) is 19.1 Å². The summed E-state index contributed by atoms with van der Waals surface area (Å²) < 4.78 is 38.0. The monoisotopic (exact) mass is 471 g/mol. The standard InChI is InChI=1S/C24H19F2NO5S/c1-12-8-9-33-23(12)20-19(21(28)13-4-7-17(31-2)18(10-13)32-3)22(29)24(30)27(20)14-5-6-15(25)16(26)11-14/h4-11,20,28H,1-3H3/b21-19-. The van der Waals surface area contributed by atoms with Crippen LogP contribution >= 0.6 is 11.3 Å². The molecule has 1 fully saturated rings. The minimum Gasteiger partial charge on any atom is -0.507 e. The summed E-state index contributed by atoms with van der Waals surface area (Å²) in [6, 6.07) is 8.31. The third kappa shape index (κ3) is 3.74. The summed E-state index contributed by atoms with van der Waals surface area (Å²) in [7, 11) is 2.89. The van der Waals surface area contributed by atoms with Crippen LogP contribution in [-0.2, 0) is 9.59 Å². The normalized spacial score (nSPS) is 17.5. The number of hydrogen-bond donors (Lipinski definition) is 1. The van der Waals surface area contributed by atoms with E-state index in [2.05, 4.69) is 0 Å². The van der Waals surface area contributed by atoms with Crippen LogP contribution in [0.25, 0.3) is 5.76 Å². The number of methoxy groups -OCH3 is 2. The highest BCUT2D eigenvalue weighted by atomic mass is 32.1. The van der Waals surface area contributed by atoms with Gasteiger partial charge in [-0.15, -0.1) is 11.3 Å². The van der Waals surface area contributed by atoms with Crippen molar-refractivity contribution < 1.29 is 33.0 Å². The highest BCUT2D eigenvalue weighted by Gasteiger charge is 2.48. The molecule has 1 saturated heterocycles. The largest absolute Gasteiger partial charge is 0.507 e. The Labute approximate surface area is 192 Å². The molecule has 1 amide bonds. The second-order valence-electron chi connectivity index (χ2n) is 7.31. The van der Waals surface area contributed by atoms with Crippen LogP contribution in [0.3, 0.4) is 0 Å². The molecule has 1 aliphatic rings. The summed E-state index contributed by atoms with van der Waals surface area (Å²) in [5.41, 5.74) is 0.843. The van der Waals surface area contributed by atoms with E-state index < -0.39 is 35.1 Å². The second kappa shape index (κ2) is 8.67. The van der Waals surface area contributed by atoms with Gasteiger partial charge in [-0.1, -0.05) is 0 Å². The summed E-state index contributed by atoms with van der Waals surface area (Å²) in [4.78, 5) is 27.9. The van der Waals surface area contributed by atoms with Gasteiger partial charge < -0.3 is 14.6 Å². The average Bonchev–Trinajstić information content (AvgIpc) is 3.35. The Morgan fingerprint density at radius 1 is 1.00 bits per heavy atom. The number of nitrogens with zero attached hydrogens (tertiary/aromatic N) is 1. The van der Waals surface area contributed by atoms with Gasteiger partial charge in [-0.25, -0.2) is 8.78 Å². The van der Waals surface area contributed by atoms with Crippen LogP contribution in [0.15, 0.2) is 53.4 Å². The molecule has 6 nitrogen and oxygen atoms in total. The first-order valence-corrected chi connectivity index (χ1v) is 10.7. The van der Waals surface area contributed by atoms with E-state index in [1.54, 1.807) is 18.4 Å². The Morgan fingerprint density at radius 2 is 1.73 bits per heavy atom. The van der Waals surface area contributed by atoms with E-state index in [1.807, 2.05) is 6.07 Å². The fraction of sp³-hybridized carbons (Fsp3) is 0.167. The molecule has 0 radical (unpaired) electrons. The Bertz CT molecular complexity index is 1300. The average molecular weight is 471 g/mol. The first kappa shape index (κ1) is 22.5. The van der Waals surface area contributed by atoms with Crippen LogP contribution < -0.4 is 14.4 Å². The van der Waals surface area contributed by atoms with E-state index in [9.17, 15) is 23.5 Å². The lowest BCUT2D eigenvalue weighted by atomic mass is 9.98. The van der Waals surface area contributed by atoms with E-state index in [-0.39, 0.29) is 16.8 Å². The number of carbonyl (C=O) groups excluding carboxylic acids is 2.